The molecule has 1 heterocycles. The number of hydrogen-bond acceptors (Lipinski definition) is 2. The smallest absolute Gasteiger partial charge is 0.00501 e. The number of rotatable bonds is 4. The molecule has 2 fully saturated rings. The van der Waals surface area contributed by atoms with Crippen LogP contribution in [0.4, 0.5) is 0 Å². The molecule has 0 radical (unpaired) electrons. The zero-order valence-electron chi connectivity index (χ0n) is 15.2. The molecule has 2 rings (SSSR count). The monoisotopic (exact) mass is 294 g/mol. The Kier molecular flexibility index (Phi) is 5.76. The summed E-state index contributed by atoms with van der Waals surface area (Å²) in [6.45, 7) is 14.9. The fourth-order valence-corrected chi connectivity index (χ4v) is 4.57. The van der Waals surface area contributed by atoms with Crippen LogP contribution in [0.2, 0.25) is 0 Å². The summed E-state index contributed by atoms with van der Waals surface area (Å²) < 4.78 is 0. The third-order valence-corrected chi connectivity index (χ3v) is 6.26. The lowest BCUT2D eigenvalue weighted by atomic mass is 9.69. The molecule has 0 bridgehead atoms. The van der Waals surface area contributed by atoms with E-state index in [1.54, 1.807) is 0 Å². The molecule has 0 atom stereocenters. The van der Waals surface area contributed by atoms with Gasteiger partial charge in [0.25, 0.3) is 0 Å². The summed E-state index contributed by atoms with van der Waals surface area (Å²) in [5.41, 5.74) is 1.05. The second-order valence-corrected chi connectivity index (χ2v) is 9.13. The molecule has 2 heteroatoms. The predicted octanol–water partition coefficient (Wildman–Crippen LogP) is 4.16. The first-order valence-corrected chi connectivity index (χ1v) is 9.22. The Balaban J connectivity index is 1.88. The summed E-state index contributed by atoms with van der Waals surface area (Å²) in [4.78, 5) is 2.77. The highest BCUT2D eigenvalue weighted by atomic mass is 15.1. The summed E-state index contributed by atoms with van der Waals surface area (Å²) in [5.74, 6) is 1.86. The topological polar surface area (TPSA) is 15.3 Å². The molecule has 1 saturated heterocycles. The van der Waals surface area contributed by atoms with Gasteiger partial charge in [-0.05, 0) is 68.5 Å². The maximum atomic E-state index is 3.49. The number of nitrogens with zero attached hydrogens (tertiary/aromatic N) is 1. The third-order valence-electron chi connectivity index (χ3n) is 6.26. The van der Waals surface area contributed by atoms with Gasteiger partial charge in [0.1, 0.15) is 0 Å². The van der Waals surface area contributed by atoms with Crippen LogP contribution in [-0.4, -0.2) is 38.1 Å². The minimum atomic E-state index is 0.495. The zero-order valence-corrected chi connectivity index (χ0v) is 15.2. The first kappa shape index (κ1) is 17.3. The molecular weight excluding hydrogens is 256 g/mol. The fraction of sp³-hybridized carbons (Fsp3) is 1.00. The second kappa shape index (κ2) is 7.00. The quantitative estimate of drug-likeness (QED) is 0.837. The minimum absolute atomic E-state index is 0.495. The van der Waals surface area contributed by atoms with Crippen molar-refractivity contribution in [2.75, 3.05) is 33.2 Å². The van der Waals surface area contributed by atoms with Crippen molar-refractivity contribution in [1.29, 1.82) is 0 Å². The van der Waals surface area contributed by atoms with Gasteiger partial charge in [-0.2, -0.15) is 0 Å². The number of nitrogens with one attached hydrogen (secondary N) is 1. The van der Waals surface area contributed by atoms with E-state index in [4.69, 9.17) is 0 Å². The van der Waals surface area contributed by atoms with Crippen LogP contribution in [0.3, 0.4) is 0 Å². The Labute approximate surface area is 133 Å². The molecule has 0 aromatic heterocycles. The van der Waals surface area contributed by atoms with Gasteiger partial charge in [-0.3, -0.25) is 0 Å². The van der Waals surface area contributed by atoms with Crippen LogP contribution in [0.1, 0.15) is 66.2 Å². The van der Waals surface area contributed by atoms with E-state index in [-0.39, 0.29) is 0 Å². The molecule has 0 aromatic carbocycles. The van der Waals surface area contributed by atoms with Crippen molar-refractivity contribution in [1.82, 2.24) is 10.2 Å². The molecule has 0 aromatic rings. The first-order chi connectivity index (χ1) is 9.85. The number of likely N-dealkylation sites (tertiary alicyclic amines) is 1. The standard InChI is InChI=1S/C19H38N2/c1-16-6-10-19(11-7-16,14-20-5)15-21-12-8-17(9-13-21)18(2,3)4/h16-17,20H,6-15H2,1-5H3. The highest BCUT2D eigenvalue weighted by Crippen LogP contribution is 2.41. The Morgan fingerprint density at radius 2 is 1.62 bits per heavy atom. The molecule has 0 amide bonds. The van der Waals surface area contributed by atoms with Crippen molar-refractivity contribution in [3.05, 3.63) is 0 Å². The molecule has 0 spiro atoms. The van der Waals surface area contributed by atoms with Gasteiger partial charge in [0.2, 0.25) is 0 Å². The van der Waals surface area contributed by atoms with E-state index >= 15 is 0 Å². The van der Waals surface area contributed by atoms with Crippen molar-refractivity contribution >= 4 is 0 Å². The van der Waals surface area contributed by atoms with Crippen LogP contribution in [0.5, 0.6) is 0 Å². The molecule has 1 saturated carbocycles. The third kappa shape index (κ3) is 4.69. The molecule has 2 aliphatic rings. The predicted molar refractivity (Wildman–Crippen MR) is 92.6 cm³/mol. The Bertz CT molecular complexity index is 302. The minimum Gasteiger partial charge on any atom is -0.319 e. The molecule has 2 nitrogen and oxygen atoms in total. The second-order valence-electron chi connectivity index (χ2n) is 9.13. The lowest BCUT2D eigenvalue weighted by Crippen LogP contribution is -2.48. The van der Waals surface area contributed by atoms with Crippen molar-refractivity contribution in [3.8, 4) is 0 Å². The van der Waals surface area contributed by atoms with Crippen LogP contribution >= 0.6 is 0 Å². The molecule has 21 heavy (non-hydrogen) atoms. The molecule has 1 N–H and O–H groups in total. The summed E-state index contributed by atoms with van der Waals surface area (Å²) in [7, 11) is 2.13. The molecule has 1 aliphatic heterocycles. The van der Waals surface area contributed by atoms with E-state index in [0.717, 1.165) is 11.8 Å². The van der Waals surface area contributed by atoms with Crippen LogP contribution in [-0.2, 0) is 0 Å². The summed E-state index contributed by atoms with van der Waals surface area (Å²) in [5, 5.41) is 3.49. The van der Waals surface area contributed by atoms with Crippen LogP contribution in [0.25, 0.3) is 0 Å². The Morgan fingerprint density at radius 1 is 1.05 bits per heavy atom. The van der Waals surface area contributed by atoms with Crippen LogP contribution in [0, 0.1) is 22.7 Å². The van der Waals surface area contributed by atoms with Gasteiger partial charge in [-0.25, -0.2) is 0 Å². The zero-order chi connectivity index (χ0) is 15.5. The molecular formula is C19H38N2. The maximum absolute atomic E-state index is 3.49. The van der Waals surface area contributed by atoms with E-state index in [0.29, 0.717) is 10.8 Å². The molecule has 1 aliphatic carbocycles. The van der Waals surface area contributed by atoms with E-state index in [1.165, 1.54) is 64.7 Å². The van der Waals surface area contributed by atoms with E-state index in [1.807, 2.05) is 0 Å². The fourth-order valence-electron chi connectivity index (χ4n) is 4.57. The molecule has 0 unspecified atom stereocenters. The Hall–Kier alpha value is -0.0800. The van der Waals surface area contributed by atoms with Gasteiger partial charge in [0.05, 0.1) is 0 Å². The number of piperidine rings is 1. The lowest BCUT2D eigenvalue weighted by Gasteiger charge is -2.46. The van der Waals surface area contributed by atoms with Crippen molar-refractivity contribution < 1.29 is 0 Å². The van der Waals surface area contributed by atoms with Crippen molar-refractivity contribution in [2.24, 2.45) is 22.7 Å². The van der Waals surface area contributed by atoms with Crippen LogP contribution in [0.15, 0.2) is 0 Å². The largest absolute Gasteiger partial charge is 0.319 e. The van der Waals surface area contributed by atoms with Gasteiger partial charge in [0, 0.05) is 13.1 Å². The maximum Gasteiger partial charge on any atom is 0.00501 e. The highest BCUT2D eigenvalue weighted by Gasteiger charge is 2.37. The average Bonchev–Trinajstić information content (AvgIpc) is 2.42. The lowest BCUT2D eigenvalue weighted by molar-refractivity contribution is 0.0489. The highest BCUT2D eigenvalue weighted by molar-refractivity contribution is 4.91. The van der Waals surface area contributed by atoms with Crippen molar-refractivity contribution in [2.45, 2.75) is 66.2 Å². The summed E-state index contributed by atoms with van der Waals surface area (Å²) in [6, 6.07) is 0. The SMILES string of the molecule is CNCC1(CN2CCC(C(C)(C)C)CC2)CCC(C)CC1. The van der Waals surface area contributed by atoms with Gasteiger partial charge in [-0.15, -0.1) is 0 Å². The first-order valence-electron chi connectivity index (χ1n) is 9.22. The van der Waals surface area contributed by atoms with E-state index in [9.17, 15) is 0 Å². The van der Waals surface area contributed by atoms with Crippen LogP contribution < -0.4 is 5.32 Å². The summed E-state index contributed by atoms with van der Waals surface area (Å²) >= 11 is 0. The van der Waals surface area contributed by atoms with Gasteiger partial charge in [0.15, 0.2) is 0 Å². The van der Waals surface area contributed by atoms with E-state index < -0.39 is 0 Å². The molecule has 124 valence electrons. The van der Waals surface area contributed by atoms with E-state index in [2.05, 4.69) is 45.0 Å². The van der Waals surface area contributed by atoms with Gasteiger partial charge < -0.3 is 10.2 Å². The normalized spacial score (nSPS) is 33.3. The van der Waals surface area contributed by atoms with Gasteiger partial charge >= 0.3 is 0 Å². The number of hydrogen-bond donors (Lipinski definition) is 1. The Morgan fingerprint density at radius 3 is 2.10 bits per heavy atom. The summed E-state index contributed by atoms with van der Waals surface area (Å²) in [6.07, 6.45) is 8.51. The van der Waals surface area contributed by atoms with Gasteiger partial charge in [-0.1, -0.05) is 40.5 Å². The van der Waals surface area contributed by atoms with Crippen molar-refractivity contribution in [3.63, 3.8) is 0 Å². The average molecular weight is 295 g/mol.